The molecule has 0 amide bonds. The van der Waals surface area contributed by atoms with E-state index in [1.807, 2.05) is 25.2 Å². The van der Waals surface area contributed by atoms with E-state index in [1.54, 1.807) is 0 Å². The van der Waals surface area contributed by atoms with Crippen molar-refractivity contribution in [3.63, 3.8) is 0 Å². The zero-order chi connectivity index (χ0) is 9.23. The SMILES string of the molecule is C=CCCCC(=O)CC/C=C/C. The topological polar surface area (TPSA) is 17.1 Å². The van der Waals surface area contributed by atoms with Crippen LogP contribution in [0.25, 0.3) is 0 Å². The lowest BCUT2D eigenvalue weighted by atomic mass is 10.1. The van der Waals surface area contributed by atoms with Crippen LogP contribution in [0.15, 0.2) is 24.8 Å². The fourth-order valence-corrected chi connectivity index (χ4v) is 0.980. The van der Waals surface area contributed by atoms with Gasteiger partial charge in [0.1, 0.15) is 5.78 Å². The zero-order valence-electron chi connectivity index (χ0n) is 7.88. The van der Waals surface area contributed by atoms with Gasteiger partial charge in [0.25, 0.3) is 0 Å². The summed E-state index contributed by atoms with van der Waals surface area (Å²) in [7, 11) is 0. The first-order valence-corrected chi connectivity index (χ1v) is 4.55. The van der Waals surface area contributed by atoms with E-state index >= 15 is 0 Å². The zero-order valence-corrected chi connectivity index (χ0v) is 7.88. The number of allylic oxidation sites excluding steroid dienone is 3. The summed E-state index contributed by atoms with van der Waals surface area (Å²) in [6.45, 7) is 5.58. The number of rotatable bonds is 7. The molecule has 0 rings (SSSR count). The van der Waals surface area contributed by atoms with Gasteiger partial charge in [-0.15, -0.1) is 6.58 Å². The molecule has 0 fully saturated rings. The number of hydrogen-bond acceptors (Lipinski definition) is 1. The molecule has 0 bridgehead atoms. The van der Waals surface area contributed by atoms with Gasteiger partial charge >= 0.3 is 0 Å². The average Bonchev–Trinajstić information content (AvgIpc) is 2.06. The van der Waals surface area contributed by atoms with Crippen molar-refractivity contribution in [1.82, 2.24) is 0 Å². The monoisotopic (exact) mass is 166 g/mol. The summed E-state index contributed by atoms with van der Waals surface area (Å²) in [6.07, 6.45) is 10.1. The first kappa shape index (κ1) is 11.2. The summed E-state index contributed by atoms with van der Waals surface area (Å²) >= 11 is 0. The third kappa shape index (κ3) is 7.26. The van der Waals surface area contributed by atoms with Gasteiger partial charge in [0.2, 0.25) is 0 Å². The molecule has 68 valence electrons. The van der Waals surface area contributed by atoms with E-state index < -0.39 is 0 Å². The van der Waals surface area contributed by atoms with Gasteiger partial charge in [-0.25, -0.2) is 0 Å². The summed E-state index contributed by atoms with van der Waals surface area (Å²) in [5.41, 5.74) is 0. The second kappa shape index (κ2) is 8.25. The Hall–Kier alpha value is -0.850. The Morgan fingerprint density at radius 1 is 1.33 bits per heavy atom. The number of unbranched alkanes of at least 4 members (excludes halogenated alkanes) is 1. The molecule has 0 aliphatic rings. The van der Waals surface area contributed by atoms with Crippen LogP contribution < -0.4 is 0 Å². The van der Waals surface area contributed by atoms with Crippen molar-refractivity contribution < 1.29 is 4.79 Å². The van der Waals surface area contributed by atoms with E-state index in [0.717, 1.165) is 19.3 Å². The molecule has 0 aliphatic heterocycles. The fourth-order valence-electron chi connectivity index (χ4n) is 0.980. The summed E-state index contributed by atoms with van der Waals surface area (Å²) < 4.78 is 0. The predicted molar refractivity (Wildman–Crippen MR) is 53.1 cm³/mol. The van der Waals surface area contributed by atoms with E-state index in [1.165, 1.54) is 0 Å². The molecule has 0 aromatic heterocycles. The van der Waals surface area contributed by atoms with Crippen molar-refractivity contribution in [1.29, 1.82) is 0 Å². The van der Waals surface area contributed by atoms with Gasteiger partial charge in [0.15, 0.2) is 0 Å². The van der Waals surface area contributed by atoms with Crippen molar-refractivity contribution in [3.8, 4) is 0 Å². The van der Waals surface area contributed by atoms with Crippen molar-refractivity contribution in [2.45, 2.75) is 39.0 Å². The van der Waals surface area contributed by atoms with E-state index in [0.29, 0.717) is 18.6 Å². The van der Waals surface area contributed by atoms with Crippen LogP contribution in [0.5, 0.6) is 0 Å². The summed E-state index contributed by atoms with van der Waals surface area (Å²) in [5.74, 6) is 0.370. The van der Waals surface area contributed by atoms with E-state index in [2.05, 4.69) is 6.58 Å². The Kier molecular flexibility index (Phi) is 7.66. The van der Waals surface area contributed by atoms with Gasteiger partial charge in [-0.1, -0.05) is 18.2 Å². The van der Waals surface area contributed by atoms with Crippen LogP contribution in [0.4, 0.5) is 0 Å². The number of ketones is 1. The van der Waals surface area contributed by atoms with Crippen LogP contribution in [0.1, 0.15) is 39.0 Å². The first-order chi connectivity index (χ1) is 5.81. The van der Waals surface area contributed by atoms with Crippen molar-refractivity contribution in [2.24, 2.45) is 0 Å². The second-order valence-corrected chi connectivity index (χ2v) is 2.83. The Morgan fingerprint density at radius 2 is 2.08 bits per heavy atom. The highest BCUT2D eigenvalue weighted by Gasteiger charge is 1.98. The average molecular weight is 166 g/mol. The third-order valence-electron chi connectivity index (χ3n) is 1.69. The molecule has 0 aliphatic carbocycles. The highest BCUT2D eigenvalue weighted by atomic mass is 16.1. The van der Waals surface area contributed by atoms with Crippen molar-refractivity contribution in [3.05, 3.63) is 24.8 Å². The van der Waals surface area contributed by atoms with Gasteiger partial charge in [-0.05, 0) is 26.2 Å². The molecule has 0 spiro atoms. The molecular weight excluding hydrogens is 148 g/mol. The molecule has 0 aromatic rings. The molecule has 0 N–H and O–H groups in total. The minimum Gasteiger partial charge on any atom is -0.300 e. The molecular formula is C11H18O. The maximum absolute atomic E-state index is 11.1. The maximum atomic E-state index is 11.1. The molecule has 0 aromatic carbocycles. The minimum atomic E-state index is 0.370. The predicted octanol–water partition coefficient (Wildman–Crippen LogP) is 3.27. The van der Waals surface area contributed by atoms with E-state index in [4.69, 9.17) is 0 Å². The summed E-state index contributed by atoms with van der Waals surface area (Å²) in [6, 6.07) is 0. The summed E-state index contributed by atoms with van der Waals surface area (Å²) in [4.78, 5) is 11.1. The lowest BCUT2D eigenvalue weighted by Crippen LogP contribution is -1.95. The largest absolute Gasteiger partial charge is 0.300 e. The second-order valence-electron chi connectivity index (χ2n) is 2.83. The lowest BCUT2D eigenvalue weighted by Gasteiger charge is -1.95. The molecule has 0 saturated carbocycles. The molecule has 0 heterocycles. The molecule has 0 atom stereocenters. The number of carbonyl (C=O) groups is 1. The molecule has 1 heteroatoms. The quantitative estimate of drug-likeness (QED) is 0.419. The standard InChI is InChI=1S/C11H18O/c1-3-5-7-9-11(12)10-8-6-4-2/h3-4,6H,1,5,7-10H2,2H3/b6-4+. The Balaban J connectivity index is 3.27. The molecule has 1 nitrogen and oxygen atoms in total. The smallest absolute Gasteiger partial charge is 0.133 e. The van der Waals surface area contributed by atoms with E-state index in [9.17, 15) is 4.79 Å². The van der Waals surface area contributed by atoms with Gasteiger partial charge < -0.3 is 0 Å². The van der Waals surface area contributed by atoms with E-state index in [-0.39, 0.29) is 0 Å². The Morgan fingerprint density at radius 3 is 2.67 bits per heavy atom. The van der Waals surface area contributed by atoms with Crippen LogP contribution in [0.2, 0.25) is 0 Å². The third-order valence-corrected chi connectivity index (χ3v) is 1.69. The van der Waals surface area contributed by atoms with Crippen molar-refractivity contribution in [2.75, 3.05) is 0 Å². The number of carbonyl (C=O) groups excluding carboxylic acids is 1. The van der Waals surface area contributed by atoms with Gasteiger partial charge in [0, 0.05) is 12.8 Å². The minimum absolute atomic E-state index is 0.370. The van der Waals surface area contributed by atoms with Gasteiger partial charge in [-0.2, -0.15) is 0 Å². The Bertz CT molecular complexity index is 156. The van der Waals surface area contributed by atoms with Gasteiger partial charge in [0.05, 0.1) is 0 Å². The number of hydrogen-bond donors (Lipinski definition) is 0. The molecule has 0 unspecified atom stereocenters. The molecule has 12 heavy (non-hydrogen) atoms. The fraction of sp³-hybridized carbons (Fsp3) is 0.545. The van der Waals surface area contributed by atoms with Crippen LogP contribution in [0, 0.1) is 0 Å². The van der Waals surface area contributed by atoms with Crippen LogP contribution in [-0.4, -0.2) is 5.78 Å². The molecule has 0 saturated heterocycles. The van der Waals surface area contributed by atoms with Crippen LogP contribution in [0.3, 0.4) is 0 Å². The lowest BCUT2D eigenvalue weighted by molar-refractivity contribution is -0.119. The van der Waals surface area contributed by atoms with Gasteiger partial charge in [-0.3, -0.25) is 4.79 Å². The highest BCUT2D eigenvalue weighted by Crippen LogP contribution is 2.02. The van der Waals surface area contributed by atoms with Crippen LogP contribution >= 0.6 is 0 Å². The molecule has 0 radical (unpaired) electrons. The van der Waals surface area contributed by atoms with Crippen molar-refractivity contribution >= 4 is 5.78 Å². The Labute approximate surface area is 75.2 Å². The normalized spacial score (nSPS) is 10.4. The maximum Gasteiger partial charge on any atom is 0.133 e. The van der Waals surface area contributed by atoms with Crippen LogP contribution in [-0.2, 0) is 4.79 Å². The first-order valence-electron chi connectivity index (χ1n) is 4.55. The number of Topliss-reactive ketones (excluding diaryl/α,β-unsaturated/α-hetero) is 1. The summed E-state index contributed by atoms with van der Waals surface area (Å²) in [5, 5.41) is 0. The highest BCUT2D eigenvalue weighted by molar-refractivity contribution is 5.78.